The molecular weight excluding hydrogens is 1300 g/mol. The summed E-state index contributed by atoms with van der Waals surface area (Å²) in [6.45, 7) is 50.2. The maximum atomic E-state index is 6.06. The maximum Gasteiger partial charge on any atom is 0.225 e. The fourth-order valence-electron chi connectivity index (χ4n) is 18.0. The number of pyridine rings is 3. The Morgan fingerprint density at radius 1 is 0.292 bits per heavy atom. The first kappa shape index (κ1) is 76.6. The van der Waals surface area contributed by atoms with Crippen molar-refractivity contribution in [3.8, 4) is 44.9 Å². The number of benzene rings is 4. The molecule has 106 heavy (non-hydrogen) atoms. The van der Waals surface area contributed by atoms with Gasteiger partial charge in [0.15, 0.2) is 0 Å². The predicted octanol–water partition coefficient (Wildman–Crippen LogP) is 18.5. The minimum Gasteiger partial charge on any atom is -0.356 e. The molecule has 0 radical (unpaired) electrons. The maximum absolute atomic E-state index is 6.06. The van der Waals surface area contributed by atoms with Crippen LogP contribution in [-0.4, -0.2) is 116 Å². The second-order valence-corrected chi connectivity index (χ2v) is 37.6. The van der Waals surface area contributed by atoms with E-state index < -0.39 is 0 Å². The van der Waals surface area contributed by atoms with Crippen molar-refractivity contribution in [2.75, 3.05) is 98.1 Å². The lowest BCUT2D eigenvalue weighted by molar-refractivity contribution is 0.332. The lowest BCUT2D eigenvalue weighted by Gasteiger charge is -2.42. The molecule has 4 aliphatic heterocycles. The molecule has 13 heteroatoms. The van der Waals surface area contributed by atoms with Crippen molar-refractivity contribution < 1.29 is 0 Å². The zero-order valence-electron chi connectivity index (χ0n) is 67.6. The minimum atomic E-state index is 0.208. The summed E-state index contributed by atoms with van der Waals surface area (Å²) in [5.41, 5.74) is 35.5. The highest BCUT2D eigenvalue weighted by Crippen LogP contribution is 2.51. The second kappa shape index (κ2) is 30.5. The normalized spacial score (nSPS) is 21.5. The van der Waals surface area contributed by atoms with Crippen LogP contribution in [0.5, 0.6) is 0 Å². The number of nitrogens with one attached hydrogen (secondary N) is 2. The topological polar surface area (TPSA) is 154 Å². The zero-order valence-corrected chi connectivity index (χ0v) is 67.6. The minimum absolute atomic E-state index is 0.208. The van der Waals surface area contributed by atoms with Crippen LogP contribution in [0.15, 0.2) is 140 Å². The number of piperidine rings is 2. The molecule has 0 bridgehead atoms. The molecule has 0 unspecified atom stereocenters. The number of anilines is 4. The van der Waals surface area contributed by atoms with Crippen LogP contribution in [0, 0.1) is 0 Å². The molecular formula is C93H127N13. The van der Waals surface area contributed by atoms with Gasteiger partial charge in [-0.3, -0.25) is 0 Å². The van der Waals surface area contributed by atoms with E-state index in [1.54, 1.807) is 0 Å². The van der Waals surface area contributed by atoms with Crippen molar-refractivity contribution in [3.63, 3.8) is 0 Å². The molecule has 4 aliphatic carbocycles. The van der Waals surface area contributed by atoms with Gasteiger partial charge in [-0.05, 0) is 237 Å². The summed E-state index contributed by atoms with van der Waals surface area (Å²) in [7, 11) is 0. The number of fused-ring (bicyclic) bond motifs is 4. The molecule has 4 fully saturated rings. The SMILES string of the molecule is CC1(C)CCC(C)(C)c2cc(-c3cccc(N4CCC(N)CC4)n3)ccc21.CC1(C)CCC(C)(C)c2cc(-c3cccc(N4CCNCC4)n3)ccc21.CC1(C)CCC(C)(C)c2cc(-c3ccnc(N4CCC(N)CC4)n3)ccc21.CC1(C)CCC(C)(C)c2cc(-c3ccnc(N4CCNCC4)c3)ccc21. The van der Waals surface area contributed by atoms with Crippen LogP contribution >= 0.6 is 0 Å². The van der Waals surface area contributed by atoms with Gasteiger partial charge in [0.2, 0.25) is 5.95 Å². The Balaban J connectivity index is 0.000000125. The van der Waals surface area contributed by atoms with Gasteiger partial charge in [-0.15, -0.1) is 0 Å². The summed E-state index contributed by atoms with van der Waals surface area (Å²) in [6.07, 6.45) is 17.9. The van der Waals surface area contributed by atoms with Gasteiger partial charge in [-0.25, -0.2) is 24.9 Å². The van der Waals surface area contributed by atoms with Gasteiger partial charge in [0.25, 0.3) is 0 Å². The number of piperazine rings is 2. The molecule has 16 rings (SSSR count). The van der Waals surface area contributed by atoms with E-state index in [0.29, 0.717) is 12.1 Å². The molecule has 4 saturated heterocycles. The van der Waals surface area contributed by atoms with Gasteiger partial charge in [0.05, 0.1) is 17.1 Å². The Bertz CT molecular complexity index is 4100. The Hall–Kier alpha value is -7.55. The van der Waals surface area contributed by atoms with Crippen LogP contribution in [0.2, 0.25) is 0 Å². The molecule has 8 aromatic rings. The quantitative estimate of drug-likeness (QED) is 0.114. The van der Waals surface area contributed by atoms with Crippen LogP contribution in [0.4, 0.5) is 23.4 Å². The highest BCUT2D eigenvalue weighted by atomic mass is 15.3. The molecule has 4 aromatic carbocycles. The smallest absolute Gasteiger partial charge is 0.225 e. The van der Waals surface area contributed by atoms with Crippen molar-refractivity contribution in [1.29, 1.82) is 0 Å². The van der Waals surface area contributed by atoms with Crippen molar-refractivity contribution in [3.05, 3.63) is 184 Å². The summed E-state index contributed by atoms with van der Waals surface area (Å²) < 4.78 is 0. The van der Waals surface area contributed by atoms with E-state index >= 15 is 0 Å². The van der Waals surface area contributed by atoms with E-state index in [1.807, 2.05) is 18.5 Å². The molecule has 8 aliphatic rings. The lowest BCUT2D eigenvalue weighted by Crippen LogP contribution is -2.43. The average Bonchev–Trinajstić information content (AvgIpc) is 0.768. The van der Waals surface area contributed by atoms with E-state index in [9.17, 15) is 0 Å². The van der Waals surface area contributed by atoms with E-state index in [2.05, 4.69) is 272 Å². The largest absolute Gasteiger partial charge is 0.356 e. The second-order valence-electron chi connectivity index (χ2n) is 37.6. The molecule has 0 amide bonds. The first-order chi connectivity index (χ1) is 50.3. The van der Waals surface area contributed by atoms with Crippen molar-refractivity contribution in [2.45, 2.75) is 243 Å². The monoisotopic (exact) mass is 1430 g/mol. The van der Waals surface area contributed by atoms with E-state index in [0.717, 1.165) is 145 Å². The van der Waals surface area contributed by atoms with E-state index in [4.69, 9.17) is 26.4 Å². The van der Waals surface area contributed by atoms with Gasteiger partial charge in [-0.1, -0.05) is 178 Å². The third-order valence-electron chi connectivity index (χ3n) is 26.1. The average molecular weight is 1430 g/mol. The Kier molecular flexibility index (Phi) is 22.0. The number of hydrogen-bond acceptors (Lipinski definition) is 13. The summed E-state index contributed by atoms with van der Waals surface area (Å²) in [4.78, 5) is 33.5. The first-order valence-electron chi connectivity index (χ1n) is 40.5. The van der Waals surface area contributed by atoms with Gasteiger partial charge < -0.3 is 41.7 Å². The summed E-state index contributed by atoms with van der Waals surface area (Å²) in [6, 6.07) is 48.0. The predicted molar refractivity (Wildman–Crippen MR) is 447 cm³/mol. The van der Waals surface area contributed by atoms with Gasteiger partial charge >= 0.3 is 0 Å². The number of hydrogen-bond donors (Lipinski definition) is 4. The Morgan fingerprint density at radius 2 is 0.594 bits per heavy atom. The van der Waals surface area contributed by atoms with Crippen LogP contribution in [0.25, 0.3) is 44.9 Å². The summed E-state index contributed by atoms with van der Waals surface area (Å²) in [5, 5.41) is 6.82. The molecule has 6 N–H and O–H groups in total. The number of nitrogens with two attached hydrogens (primary N) is 2. The number of nitrogens with zero attached hydrogens (tertiary/aromatic N) is 9. The molecule has 0 saturated carbocycles. The van der Waals surface area contributed by atoms with E-state index in [1.165, 1.54) is 124 Å². The van der Waals surface area contributed by atoms with Crippen molar-refractivity contribution in [1.82, 2.24) is 35.6 Å². The molecule has 0 atom stereocenters. The first-order valence-corrected chi connectivity index (χ1v) is 40.5. The number of aromatic nitrogens is 5. The fourth-order valence-corrected chi connectivity index (χ4v) is 18.0. The van der Waals surface area contributed by atoms with Crippen molar-refractivity contribution in [2.24, 2.45) is 11.5 Å². The highest BCUT2D eigenvalue weighted by molar-refractivity contribution is 5.71. The van der Waals surface area contributed by atoms with Crippen LogP contribution in [0.1, 0.15) is 232 Å². The number of rotatable bonds is 8. The van der Waals surface area contributed by atoms with Gasteiger partial charge in [0, 0.05) is 120 Å². The lowest BCUT2D eigenvalue weighted by atomic mass is 9.63. The molecule has 4 aromatic heterocycles. The standard InChI is InChI=1S/C24H33N3.C23H32N4.2C23H31N3/c1-23(2)12-13-24(3,4)20-16-17(8-9-19(20)23)21-6-5-7-22(26-21)27-14-10-18(25)11-15-27;1-22(2)10-11-23(3,4)19-15-16(5-6-18(19)22)20-7-12-25-21(26-20)27-13-8-17(24)9-14-27;1-22(2)8-9-23(3,4)20-15-17(5-6-19(20)22)18-7-10-25-21(16-18)26-13-11-24-12-14-26;1-22(2)10-11-23(3,4)19-16-17(8-9-18(19)22)20-6-5-7-21(25-20)26-14-12-24-13-15-26/h5-9,16,18H,10-15,25H2,1-4H3;5-7,12,15,17H,8-11,13-14,24H2,1-4H3;5-7,10,15-16,24H,8-9,11-14H2,1-4H3;5-9,16,24H,10-15H2,1-4H3. The summed E-state index contributed by atoms with van der Waals surface area (Å²) in [5.74, 6) is 4.11. The van der Waals surface area contributed by atoms with E-state index in [-0.39, 0.29) is 43.3 Å². The third kappa shape index (κ3) is 16.8. The Labute approximate surface area is 637 Å². The highest BCUT2D eigenvalue weighted by Gasteiger charge is 2.41. The van der Waals surface area contributed by atoms with Crippen LogP contribution in [-0.2, 0) is 43.3 Å². The molecule has 8 heterocycles. The van der Waals surface area contributed by atoms with Crippen molar-refractivity contribution >= 4 is 23.4 Å². The summed E-state index contributed by atoms with van der Waals surface area (Å²) >= 11 is 0. The third-order valence-corrected chi connectivity index (χ3v) is 26.1. The fraction of sp³-hybridized carbons (Fsp3) is 0.538. The van der Waals surface area contributed by atoms with Crippen LogP contribution in [0.3, 0.4) is 0 Å². The Morgan fingerprint density at radius 3 is 0.981 bits per heavy atom. The molecule has 13 nitrogen and oxygen atoms in total. The van der Waals surface area contributed by atoms with Gasteiger partial charge in [-0.2, -0.15) is 0 Å². The van der Waals surface area contributed by atoms with Gasteiger partial charge in [0.1, 0.15) is 17.5 Å². The zero-order chi connectivity index (χ0) is 75.2. The molecule has 564 valence electrons. The van der Waals surface area contributed by atoms with Crippen LogP contribution < -0.4 is 41.7 Å². The molecule has 0 spiro atoms.